The molecule has 23 heavy (non-hydrogen) atoms. The van der Waals surface area contributed by atoms with Crippen molar-refractivity contribution < 1.29 is 18.7 Å². The van der Waals surface area contributed by atoms with Gasteiger partial charge in [0.1, 0.15) is 11.7 Å². The number of pyridine rings is 1. The van der Waals surface area contributed by atoms with Gasteiger partial charge in [0.25, 0.3) is 5.88 Å². The van der Waals surface area contributed by atoms with Gasteiger partial charge in [0.2, 0.25) is 5.91 Å². The number of carbonyl (C=O) groups is 1. The van der Waals surface area contributed by atoms with E-state index >= 15 is 0 Å². The summed E-state index contributed by atoms with van der Waals surface area (Å²) in [6, 6.07) is 2.89. The fraction of sp³-hybridized carbons (Fsp3) is 0.647. The zero-order valence-corrected chi connectivity index (χ0v) is 13.2. The smallest absolute Gasteiger partial charge is 0.250 e. The molecule has 3 aliphatic rings. The summed E-state index contributed by atoms with van der Waals surface area (Å²) in [6.07, 6.45) is 3.80. The van der Waals surface area contributed by atoms with E-state index in [-0.39, 0.29) is 29.4 Å². The first-order valence-corrected chi connectivity index (χ1v) is 8.26. The molecule has 2 saturated heterocycles. The van der Waals surface area contributed by atoms with Crippen LogP contribution in [0.25, 0.3) is 0 Å². The molecule has 3 atom stereocenters. The summed E-state index contributed by atoms with van der Waals surface area (Å²) < 4.78 is 25.3. The fourth-order valence-corrected chi connectivity index (χ4v) is 3.63. The van der Waals surface area contributed by atoms with E-state index in [9.17, 15) is 9.18 Å². The maximum Gasteiger partial charge on any atom is 0.250 e. The number of rotatable bonds is 3. The Hall–Kier alpha value is -1.69. The molecule has 1 amide bonds. The minimum atomic E-state index is -0.443. The van der Waals surface area contributed by atoms with E-state index in [2.05, 4.69) is 11.9 Å². The molecule has 1 aliphatic carbocycles. The monoisotopic (exact) mass is 320 g/mol. The average molecular weight is 320 g/mol. The van der Waals surface area contributed by atoms with Crippen molar-refractivity contribution in [3.63, 3.8) is 0 Å². The van der Waals surface area contributed by atoms with Crippen molar-refractivity contribution in [2.24, 2.45) is 11.8 Å². The Morgan fingerprint density at radius 1 is 1.52 bits per heavy atom. The third kappa shape index (κ3) is 2.80. The largest absolute Gasteiger partial charge is 0.472 e. The Bertz CT molecular complexity index is 618. The normalized spacial score (nSPS) is 31.6. The highest BCUT2D eigenvalue weighted by Gasteiger charge is 2.53. The van der Waals surface area contributed by atoms with Crippen molar-refractivity contribution >= 4 is 5.91 Å². The van der Waals surface area contributed by atoms with Gasteiger partial charge in [0, 0.05) is 25.0 Å². The number of amides is 1. The standard InChI is InChI=1S/C17H21FN2O3/c1-11-7-13(11)16(21)20-9-17(10-20)8-12(4-6-22-17)23-15-14(18)3-2-5-19-15/h2-3,5,11-13H,4,6-10H2,1H3/t11-,12+,13+/m1/s1. The van der Waals surface area contributed by atoms with E-state index in [0.717, 1.165) is 6.42 Å². The van der Waals surface area contributed by atoms with E-state index in [4.69, 9.17) is 9.47 Å². The van der Waals surface area contributed by atoms with E-state index in [1.165, 1.54) is 12.3 Å². The predicted molar refractivity (Wildman–Crippen MR) is 80.4 cm³/mol. The third-order valence-corrected chi connectivity index (χ3v) is 5.15. The number of aromatic nitrogens is 1. The SMILES string of the molecule is C[C@@H]1C[C@@H]1C(=O)N1CC2(C[C@@H](Oc3ncccc3F)CCO2)C1. The molecule has 5 nitrogen and oxygen atoms in total. The molecule has 4 rings (SSSR count). The lowest BCUT2D eigenvalue weighted by Gasteiger charge is -2.53. The molecule has 0 radical (unpaired) electrons. The lowest BCUT2D eigenvalue weighted by molar-refractivity contribution is -0.194. The Morgan fingerprint density at radius 3 is 3.00 bits per heavy atom. The highest BCUT2D eigenvalue weighted by Crippen LogP contribution is 2.43. The number of carbonyl (C=O) groups excluding carboxylic acids is 1. The van der Waals surface area contributed by atoms with Crippen LogP contribution in [0.15, 0.2) is 18.3 Å². The van der Waals surface area contributed by atoms with Gasteiger partial charge in [-0.1, -0.05) is 6.92 Å². The summed E-state index contributed by atoms with van der Waals surface area (Å²) in [6.45, 7) is 3.93. The Balaban J connectivity index is 1.35. The highest BCUT2D eigenvalue weighted by atomic mass is 19.1. The molecule has 0 unspecified atom stereocenters. The topological polar surface area (TPSA) is 51.7 Å². The summed E-state index contributed by atoms with van der Waals surface area (Å²) >= 11 is 0. The maximum atomic E-state index is 13.7. The van der Waals surface area contributed by atoms with Gasteiger partial charge in [0.15, 0.2) is 5.82 Å². The van der Waals surface area contributed by atoms with Crippen molar-refractivity contribution in [2.45, 2.75) is 37.9 Å². The molecular weight excluding hydrogens is 299 g/mol. The van der Waals surface area contributed by atoms with E-state index in [0.29, 0.717) is 38.5 Å². The Labute approximate surface area is 134 Å². The number of likely N-dealkylation sites (tertiary alicyclic amines) is 1. The van der Waals surface area contributed by atoms with E-state index < -0.39 is 5.82 Å². The molecule has 1 aromatic rings. The molecule has 1 spiro atoms. The van der Waals surface area contributed by atoms with Gasteiger partial charge in [-0.05, 0) is 24.5 Å². The van der Waals surface area contributed by atoms with Crippen molar-refractivity contribution in [1.29, 1.82) is 0 Å². The minimum Gasteiger partial charge on any atom is -0.472 e. The lowest BCUT2D eigenvalue weighted by Crippen LogP contribution is -2.67. The number of ether oxygens (including phenoxy) is 2. The van der Waals surface area contributed by atoms with Gasteiger partial charge in [-0.2, -0.15) is 0 Å². The van der Waals surface area contributed by atoms with Crippen LogP contribution in [0.4, 0.5) is 4.39 Å². The molecule has 0 bridgehead atoms. The molecule has 2 aliphatic heterocycles. The number of hydrogen-bond acceptors (Lipinski definition) is 4. The predicted octanol–water partition coefficient (Wildman–Crippen LogP) is 2.02. The van der Waals surface area contributed by atoms with E-state index in [1.807, 2.05) is 4.90 Å². The van der Waals surface area contributed by atoms with Crippen molar-refractivity contribution in [3.8, 4) is 5.88 Å². The second kappa shape index (κ2) is 5.44. The zero-order valence-electron chi connectivity index (χ0n) is 13.2. The van der Waals surface area contributed by atoms with Crippen LogP contribution in [0.2, 0.25) is 0 Å². The van der Waals surface area contributed by atoms with Gasteiger partial charge in [0.05, 0.1) is 19.7 Å². The van der Waals surface area contributed by atoms with Gasteiger partial charge in [-0.15, -0.1) is 0 Å². The van der Waals surface area contributed by atoms with Crippen LogP contribution in [0, 0.1) is 17.7 Å². The summed E-state index contributed by atoms with van der Waals surface area (Å²) in [4.78, 5) is 18.1. The lowest BCUT2D eigenvalue weighted by atomic mass is 9.84. The van der Waals surface area contributed by atoms with Gasteiger partial charge >= 0.3 is 0 Å². The number of hydrogen-bond donors (Lipinski definition) is 0. The Kier molecular flexibility index (Phi) is 3.52. The van der Waals surface area contributed by atoms with Crippen LogP contribution in [0.3, 0.4) is 0 Å². The van der Waals surface area contributed by atoms with Crippen molar-refractivity contribution in [1.82, 2.24) is 9.88 Å². The average Bonchev–Trinajstić information content (AvgIpc) is 3.24. The fourth-order valence-electron chi connectivity index (χ4n) is 3.63. The zero-order chi connectivity index (χ0) is 16.0. The van der Waals surface area contributed by atoms with Crippen molar-refractivity contribution in [3.05, 3.63) is 24.1 Å². The molecule has 1 aromatic heterocycles. The van der Waals surface area contributed by atoms with Crippen LogP contribution in [0.5, 0.6) is 5.88 Å². The summed E-state index contributed by atoms with van der Waals surface area (Å²) in [5.41, 5.74) is -0.317. The maximum absolute atomic E-state index is 13.7. The second-order valence-electron chi connectivity index (χ2n) is 7.07. The van der Waals surface area contributed by atoms with Gasteiger partial charge < -0.3 is 14.4 Å². The van der Waals surface area contributed by atoms with Crippen LogP contribution in [-0.2, 0) is 9.53 Å². The van der Waals surface area contributed by atoms with Crippen LogP contribution >= 0.6 is 0 Å². The quantitative estimate of drug-likeness (QED) is 0.855. The second-order valence-corrected chi connectivity index (χ2v) is 7.07. The number of halogens is 1. The van der Waals surface area contributed by atoms with Gasteiger partial charge in [-0.3, -0.25) is 4.79 Å². The van der Waals surface area contributed by atoms with Crippen LogP contribution in [0.1, 0.15) is 26.2 Å². The minimum absolute atomic E-state index is 0.0496. The molecule has 124 valence electrons. The molecule has 3 heterocycles. The van der Waals surface area contributed by atoms with Gasteiger partial charge in [-0.25, -0.2) is 9.37 Å². The molecule has 6 heteroatoms. The summed E-state index contributed by atoms with van der Waals surface area (Å²) in [5, 5.41) is 0. The van der Waals surface area contributed by atoms with Crippen molar-refractivity contribution in [2.75, 3.05) is 19.7 Å². The summed E-state index contributed by atoms with van der Waals surface area (Å²) in [7, 11) is 0. The third-order valence-electron chi connectivity index (χ3n) is 5.15. The first-order valence-electron chi connectivity index (χ1n) is 8.26. The van der Waals surface area contributed by atoms with E-state index in [1.54, 1.807) is 6.07 Å². The number of nitrogens with zero attached hydrogens (tertiary/aromatic N) is 2. The molecule has 3 fully saturated rings. The first kappa shape index (κ1) is 14.9. The molecule has 1 saturated carbocycles. The van der Waals surface area contributed by atoms with Crippen LogP contribution in [-0.4, -0.2) is 47.2 Å². The molecular formula is C17H21FN2O3. The summed E-state index contributed by atoms with van der Waals surface area (Å²) in [5.74, 6) is 0.598. The first-order chi connectivity index (χ1) is 11.1. The molecule has 0 N–H and O–H groups in total. The van der Waals surface area contributed by atoms with Crippen LogP contribution < -0.4 is 4.74 Å². The highest BCUT2D eigenvalue weighted by molar-refractivity contribution is 5.82. The Morgan fingerprint density at radius 2 is 2.30 bits per heavy atom. The molecule has 0 aromatic carbocycles.